The molecule has 3 rings (SSSR count). The molecule has 0 fully saturated rings. The maximum absolute atomic E-state index is 12.2. The summed E-state index contributed by atoms with van der Waals surface area (Å²) in [6, 6.07) is 11.2. The first-order valence-electron chi connectivity index (χ1n) is 7.45. The van der Waals surface area contributed by atoms with Crippen molar-refractivity contribution in [2.75, 3.05) is 0 Å². The molecule has 1 aromatic heterocycles. The van der Waals surface area contributed by atoms with Crippen molar-refractivity contribution in [1.82, 2.24) is 4.57 Å². The molecule has 0 saturated heterocycles. The van der Waals surface area contributed by atoms with Gasteiger partial charge >= 0.3 is 0 Å². The van der Waals surface area contributed by atoms with E-state index in [2.05, 4.69) is 25.1 Å². The summed E-state index contributed by atoms with van der Waals surface area (Å²) in [6.45, 7) is 6.19. The molecule has 110 valence electrons. The molecule has 1 N–H and O–H groups in total. The summed E-state index contributed by atoms with van der Waals surface area (Å²) in [7, 11) is 0. The van der Waals surface area contributed by atoms with Crippen LogP contribution in [0.15, 0.2) is 47.4 Å². The lowest BCUT2D eigenvalue weighted by Gasteiger charge is -2.27. The second kappa shape index (κ2) is 4.85. The van der Waals surface area contributed by atoms with Crippen LogP contribution in [0.2, 0.25) is 0 Å². The minimum Gasteiger partial charge on any atom is -0.390 e. The van der Waals surface area contributed by atoms with E-state index in [1.165, 1.54) is 5.56 Å². The Morgan fingerprint density at radius 3 is 2.67 bits per heavy atom. The monoisotopic (exact) mass is 283 g/mol. The van der Waals surface area contributed by atoms with Gasteiger partial charge in [0.1, 0.15) is 0 Å². The fraction of sp³-hybridized carbons (Fsp3) is 0.389. The number of hydrogen-bond acceptors (Lipinski definition) is 2. The van der Waals surface area contributed by atoms with Crippen molar-refractivity contribution in [3.63, 3.8) is 0 Å². The van der Waals surface area contributed by atoms with Gasteiger partial charge in [0.15, 0.2) is 0 Å². The quantitative estimate of drug-likeness (QED) is 0.920. The first-order chi connectivity index (χ1) is 9.96. The summed E-state index contributed by atoms with van der Waals surface area (Å²) >= 11 is 0. The van der Waals surface area contributed by atoms with Crippen molar-refractivity contribution in [2.24, 2.45) is 0 Å². The molecule has 3 nitrogen and oxygen atoms in total. The molecular weight excluding hydrogens is 262 g/mol. The molecule has 1 aliphatic carbocycles. The summed E-state index contributed by atoms with van der Waals surface area (Å²) in [6.07, 6.45) is 2.10. The van der Waals surface area contributed by atoms with E-state index in [-0.39, 0.29) is 17.0 Å². The fourth-order valence-corrected chi connectivity index (χ4v) is 3.36. The number of aromatic nitrogens is 1. The number of nitrogens with zero attached hydrogens (tertiary/aromatic N) is 1. The van der Waals surface area contributed by atoms with Crippen LogP contribution in [-0.4, -0.2) is 15.8 Å². The zero-order valence-electron chi connectivity index (χ0n) is 12.7. The molecule has 1 aromatic carbocycles. The summed E-state index contributed by atoms with van der Waals surface area (Å²) in [5.41, 5.74) is 2.99. The van der Waals surface area contributed by atoms with Gasteiger partial charge in [-0.25, -0.2) is 0 Å². The normalized spacial score (nSPS) is 23.0. The molecule has 1 heterocycles. The van der Waals surface area contributed by atoms with E-state index in [0.717, 1.165) is 17.5 Å². The molecule has 21 heavy (non-hydrogen) atoms. The zero-order chi connectivity index (χ0) is 15.2. The van der Waals surface area contributed by atoms with E-state index in [0.29, 0.717) is 0 Å². The predicted molar refractivity (Wildman–Crippen MR) is 83.7 cm³/mol. The number of aliphatic hydroxyl groups excluding tert-OH is 1. The lowest BCUT2D eigenvalue weighted by atomic mass is 9.84. The topological polar surface area (TPSA) is 42.2 Å². The third-order valence-corrected chi connectivity index (χ3v) is 4.73. The van der Waals surface area contributed by atoms with E-state index in [1.54, 1.807) is 22.9 Å². The third kappa shape index (κ3) is 2.04. The molecule has 2 atom stereocenters. The van der Waals surface area contributed by atoms with Crippen molar-refractivity contribution < 1.29 is 5.11 Å². The Bertz CT molecular complexity index is 730. The first-order valence-corrected chi connectivity index (χ1v) is 7.45. The van der Waals surface area contributed by atoms with Crippen LogP contribution >= 0.6 is 0 Å². The van der Waals surface area contributed by atoms with Crippen molar-refractivity contribution in [3.05, 3.63) is 69.6 Å². The Morgan fingerprint density at radius 1 is 1.24 bits per heavy atom. The molecule has 0 aliphatic heterocycles. The third-order valence-electron chi connectivity index (χ3n) is 4.73. The van der Waals surface area contributed by atoms with Crippen LogP contribution in [0, 0.1) is 0 Å². The lowest BCUT2D eigenvalue weighted by molar-refractivity contribution is 0.0799. The van der Waals surface area contributed by atoms with E-state index >= 15 is 0 Å². The highest BCUT2D eigenvalue weighted by atomic mass is 16.3. The SMILES string of the molecule is CCc1ccc2c(c1)[C@@H](n1ccccc1=O)[C@H](O)C2(C)C. The molecule has 3 heteroatoms. The number of hydrogen-bond donors (Lipinski definition) is 1. The van der Waals surface area contributed by atoms with Crippen LogP contribution in [0.3, 0.4) is 0 Å². The zero-order valence-corrected chi connectivity index (χ0v) is 12.7. The van der Waals surface area contributed by atoms with Crippen molar-refractivity contribution in [1.29, 1.82) is 0 Å². The number of aryl methyl sites for hydroxylation is 1. The van der Waals surface area contributed by atoms with E-state index in [4.69, 9.17) is 0 Å². The second-order valence-corrected chi connectivity index (χ2v) is 6.33. The molecule has 0 bridgehead atoms. The van der Waals surface area contributed by atoms with Crippen molar-refractivity contribution in [3.8, 4) is 0 Å². The number of fused-ring (bicyclic) bond motifs is 1. The Balaban J connectivity index is 2.24. The summed E-state index contributed by atoms with van der Waals surface area (Å²) in [4.78, 5) is 12.2. The predicted octanol–water partition coefficient (Wildman–Crippen LogP) is 2.65. The van der Waals surface area contributed by atoms with E-state index in [9.17, 15) is 9.90 Å². The highest BCUT2D eigenvalue weighted by Gasteiger charge is 2.46. The van der Waals surface area contributed by atoms with Gasteiger partial charge in [0, 0.05) is 17.7 Å². The summed E-state index contributed by atoms with van der Waals surface area (Å²) < 4.78 is 1.65. The molecule has 0 saturated carbocycles. The van der Waals surface area contributed by atoms with Gasteiger partial charge in [0.25, 0.3) is 5.56 Å². The molecule has 2 aromatic rings. The van der Waals surface area contributed by atoms with Crippen LogP contribution in [-0.2, 0) is 11.8 Å². The molecular formula is C18H21NO2. The number of benzene rings is 1. The Labute approximate surface area is 124 Å². The van der Waals surface area contributed by atoms with Gasteiger partial charge in [-0.3, -0.25) is 4.79 Å². The van der Waals surface area contributed by atoms with Gasteiger partial charge in [-0.1, -0.05) is 45.0 Å². The summed E-state index contributed by atoms with van der Waals surface area (Å²) in [5, 5.41) is 10.8. The van der Waals surface area contributed by atoms with E-state index in [1.807, 2.05) is 19.9 Å². The molecule has 0 radical (unpaired) electrons. The van der Waals surface area contributed by atoms with Gasteiger partial charge in [0.05, 0.1) is 12.1 Å². The van der Waals surface area contributed by atoms with Gasteiger partial charge in [0.2, 0.25) is 0 Å². The Morgan fingerprint density at radius 2 is 2.00 bits per heavy atom. The van der Waals surface area contributed by atoms with Gasteiger partial charge < -0.3 is 9.67 Å². The second-order valence-electron chi connectivity index (χ2n) is 6.33. The van der Waals surface area contributed by atoms with Gasteiger partial charge in [-0.05, 0) is 29.2 Å². The number of aliphatic hydroxyl groups is 1. The van der Waals surface area contributed by atoms with Crippen LogP contribution in [0.1, 0.15) is 43.5 Å². The maximum atomic E-state index is 12.2. The minimum absolute atomic E-state index is 0.0768. The molecule has 0 spiro atoms. The van der Waals surface area contributed by atoms with Crippen LogP contribution in [0.4, 0.5) is 0 Å². The molecule has 0 amide bonds. The standard InChI is InChI=1S/C18H21NO2/c1-4-12-8-9-14-13(11-12)16(17(21)18(14,2)3)19-10-6-5-7-15(19)20/h5-11,16-17,21H,4H2,1-3H3/t16-,17+/m1/s1. The van der Waals surface area contributed by atoms with Crippen LogP contribution < -0.4 is 5.56 Å². The first kappa shape index (κ1) is 14.1. The average molecular weight is 283 g/mol. The molecule has 1 aliphatic rings. The van der Waals surface area contributed by atoms with Gasteiger partial charge in [-0.15, -0.1) is 0 Å². The van der Waals surface area contributed by atoms with Crippen molar-refractivity contribution in [2.45, 2.75) is 44.8 Å². The molecule has 0 unspecified atom stereocenters. The maximum Gasteiger partial charge on any atom is 0.251 e. The minimum atomic E-state index is -0.611. The highest BCUT2D eigenvalue weighted by molar-refractivity contribution is 5.46. The Hall–Kier alpha value is -1.87. The van der Waals surface area contributed by atoms with Crippen LogP contribution in [0.25, 0.3) is 0 Å². The Kier molecular flexibility index (Phi) is 3.25. The van der Waals surface area contributed by atoms with E-state index < -0.39 is 6.10 Å². The largest absolute Gasteiger partial charge is 0.390 e. The highest BCUT2D eigenvalue weighted by Crippen LogP contribution is 2.46. The fourth-order valence-electron chi connectivity index (χ4n) is 3.36. The van der Waals surface area contributed by atoms with Gasteiger partial charge in [-0.2, -0.15) is 0 Å². The number of pyridine rings is 1. The smallest absolute Gasteiger partial charge is 0.251 e. The average Bonchev–Trinajstić information content (AvgIpc) is 2.67. The van der Waals surface area contributed by atoms with Crippen LogP contribution in [0.5, 0.6) is 0 Å². The lowest BCUT2D eigenvalue weighted by Crippen LogP contribution is -2.37. The number of rotatable bonds is 2. The summed E-state index contributed by atoms with van der Waals surface area (Å²) in [5.74, 6) is 0. The van der Waals surface area contributed by atoms with Crippen molar-refractivity contribution >= 4 is 0 Å².